The van der Waals surface area contributed by atoms with Crippen LogP contribution in [0, 0.1) is 0 Å². The Morgan fingerprint density at radius 3 is 3.11 bits per heavy atom. The van der Waals surface area contributed by atoms with E-state index in [2.05, 4.69) is 15.1 Å². The van der Waals surface area contributed by atoms with Gasteiger partial charge in [-0.2, -0.15) is 16.3 Å². The van der Waals surface area contributed by atoms with Gasteiger partial charge in [0.05, 0.1) is 16.5 Å². The third-order valence-electron chi connectivity index (χ3n) is 5.23. The van der Waals surface area contributed by atoms with Gasteiger partial charge in [-0.1, -0.05) is 5.16 Å². The molecule has 1 aliphatic rings. The molecule has 1 fully saturated rings. The number of thiophene rings is 1. The zero-order chi connectivity index (χ0) is 19.4. The molecule has 1 unspecified atom stereocenters. The predicted molar refractivity (Wildman–Crippen MR) is 105 cm³/mol. The third-order valence-corrected chi connectivity index (χ3v) is 5.91. The lowest BCUT2D eigenvalue weighted by Crippen LogP contribution is -2.49. The second kappa shape index (κ2) is 8.20. The molecule has 1 atom stereocenters. The zero-order valence-electron chi connectivity index (χ0n) is 15.7. The Morgan fingerprint density at radius 2 is 2.36 bits per heavy atom. The minimum Gasteiger partial charge on any atom is -0.385 e. The van der Waals surface area contributed by atoms with Gasteiger partial charge in [-0.15, -0.1) is 0 Å². The van der Waals surface area contributed by atoms with E-state index < -0.39 is 0 Å². The molecule has 3 aromatic rings. The molecule has 0 aromatic carbocycles. The van der Waals surface area contributed by atoms with Crippen LogP contribution >= 0.6 is 11.3 Å². The van der Waals surface area contributed by atoms with Crippen LogP contribution in [0.2, 0.25) is 0 Å². The number of carbonyl (C=O) groups excluding carboxylic acids is 1. The number of aromatic nitrogens is 3. The monoisotopic (exact) mass is 398 g/mol. The number of ether oxygens (including phenoxy) is 1. The van der Waals surface area contributed by atoms with Gasteiger partial charge in [0, 0.05) is 44.6 Å². The van der Waals surface area contributed by atoms with E-state index in [4.69, 9.17) is 9.26 Å². The summed E-state index contributed by atoms with van der Waals surface area (Å²) in [7, 11) is 1.68. The van der Waals surface area contributed by atoms with Crippen LogP contribution in [0.5, 0.6) is 0 Å². The van der Waals surface area contributed by atoms with Crippen molar-refractivity contribution in [3.63, 3.8) is 0 Å². The summed E-state index contributed by atoms with van der Waals surface area (Å²) in [5.41, 5.74) is 1.13. The minimum atomic E-state index is -0.385. The second-order valence-electron chi connectivity index (χ2n) is 7.03. The number of rotatable bonds is 6. The normalized spacial score (nSPS) is 19.7. The SMILES string of the molecule is COCCC1(c2noc(-c3cccnc3)n2)CCCN(C(=O)c2ccsc2)C1. The number of methoxy groups -OCH3 is 1. The summed E-state index contributed by atoms with van der Waals surface area (Å²) in [6.45, 7) is 1.85. The highest BCUT2D eigenvalue weighted by atomic mass is 32.1. The van der Waals surface area contributed by atoms with Crippen LogP contribution in [-0.2, 0) is 10.2 Å². The molecule has 0 radical (unpaired) electrons. The molecule has 0 aliphatic carbocycles. The van der Waals surface area contributed by atoms with E-state index in [1.807, 2.05) is 33.9 Å². The van der Waals surface area contributed by atoms with E-state index in [-0.39, 0.29) is 11.3 Å². The molecule has 4 rings (SSSR count). The first-order chi connectivity index (χ1) is 13.7. The molecule has 3 aromatic heterocycles. The van der Waals surface area contributed by atoms with Gasteiger partial charge in [-0.25, -0.2) is 0 Å². The Hall–Kier alpha value is -2.58. The van der Waals surface area contributed by atoms with E-state index >= 15 is 0 Å². The van der Waals surface area contributed by atoms with Crippen molar-refractivity contribution in [1.82, 2.24) is 20.0 Å². The smallest absolute Gasteiger partial charge is 0.259 e. The van der Waals surface area contributed by atoms with Crippen molar-refractivity contribution in [3.05, 3.63) is 52.7 Å². The van der Waals surface area contributed by atoms with Gasteiger partial charge in [-0.3, -0.25) is 9.78 Å². The Bertz CT molecular complexity index is 913. The minimum absolute atomic E-state index is 0.0544. The quantitative estimate of drug-likeness (QED) is 0.633. The van der Waals surface area contributed by atoms with Crippen LogP contribution in [0.1, 0.15) is 35.4 Å². The van der Waals surface area contributed by atoms with Crippen LogP contribution in [0.4, 0.5) is 0 Å². The van der Waals surface area contributed by atoms with Crippen molar-refractivity contribution in [2.24, 2.45) is 0 Å². The van der Waals surface area contributed by atoms with E-state index in [0.717, 1.165) is 36.9 Å². The molecule has 0 bridgehead atoms. The number of hydrogen-bond donors (Lipinski definition) is 0. The summed E-state index contributed by atoms with van der Waals surface area (Å²) in [4.78, 5) is 23.6. The number of hydrogen-bond acceptors (Lipinski definition) is 7. The van der Waals surface area contributed by atoms with E-state index in [9.17, 15) is 4.79 Å². The highest BCUT2D eigenvalue weighted by Gasteiger charge is 2.42. The molecule has 7 nitrogen and oxygen atoms in total. The molecule has 4 heterocycles. The first-order valence-corrected chi connectivity index (χ1v) is 10.2. The number of pyridine rings is 1. The third kappa shape index (κ3) is 3.70. The summed E-state index contributed by atoms with van der Waals surface area (Å²) in [6, 6.07) is 5.59. The summed E-state index contributed by atoms with van der Waals surface area (Å²) in [5.74, 6) is 1.13. The summed E-state index contributed by atoms with van der Waals surface area (Å²) in [5, 5.41) is 8.11. The average Bonchev–Trinajstić information content (AvgIpc) is 3.45. The van der Waals surface area contributed by atoms with E-state index in [0.29, 0.717) is 24.9 Å². The molecule has 1 saturated heterocycles. The molecule has 1 amide bonds. The molecule has 0 spiro atoms. The van der Waals surface area contributed by atoms with Gasteiger partial charge >= 0.3 is 0 Å². The lowest BCUT2D eigenvalue weighted by Gasteiger charge is -2.40. The molecule has 146 valence electrons. The van der Waals surface area contributed by atoms with Crippen molar-refractivity contribution in [1.29, 1.82) is 0 Å². The highest BCUT2D eigenvalue weighted by molar-refractivity contribution is 7.08. The van der Waals surface area contributed by atoms with Crippen LogP contribution in [0.15, 0.2) is 45.9 Å². The van der Waals surface area contributed by atoms with Crippen molar-refractivity contribution in [3.8, 4) is 11.5 Å². The maximum atomic E-state index is 12.9. The molecule has 28 heavy (non-hydrogen) atoms. The van der Waals surface area contributed by atoms with Gasteiger partial charge in [0.15, 0.2) is 5.82 Å². The number of piperidine rings is 1. The molecule has 0 N–H and O–H groups in total. The largest absolute Gasteiger partial charge is 0.385 e. The standard InChI is InChI=1S/C20H22N4O3S/c1-26-10-7-20(19-22-17(27-23-19)15-4-2-8-21-12-15)6-3-9-24(14-20)18(25)16-5-11-28-13-16/h2,4-5,8,11-13H,3,6-7,9-10,14H2,1H3. The molecular formula is C20H22N4O3S. The fraction of sp³-hybridized carbons (Fsp3) is 0.400. The zero-order valence-corrected chi connectivity index (χ0v) is 16.5. The van der Waals surface area contributed by atoms with Crippen molar-refractivity contribution in [2.45, 2.75) is 24.7 Å². The van der Waals surface area contributed by atoms with Gasteiger partial charge in [0.1, 0.15) is 0 Å². The Balaban J connectivity index is 1.63. The molecular weight excluding hydrogens is 376 g/mol. The average molecular weight is 398 g/mol. The lowest BCUT2D eigenvalue weighted by molar-refractivity contribution is 0.0567. The number of carbonyl (C=O) groups is 1. The Morgan fingerprint density at radius 1 is 1.43 bits per heavy atom. The number of nitrogens with zero attached hydrogens (tertiary/aromatic N) is 4. The summed E-state index contributed by atoms with van der Waals surface area (Å²) < 4.78 is 10.9. The lowest BCUT2D eigenvalue weighted by atomic mass is 9.76. The van der Waals surface area contributed by atoms with Crippen molar-refractivity contribution >= 4 is 17.2 Å². The maximum Gasteiger partial charge on any atom is 0.259 e. The van der Waals surface area contributed by atoms with Crippen LogP contribution < -0.4 is 0 Å². The van der Waals surface area contributed by atoms with Gasteiger partial charge in [-0.05, 0) is 42.8 Å². The second-order valence-corrected chi connectivity index (χ2v) is 7.81. The fourth-order valence-corrected chi connectivity index (χ4v) is 4.34. The molecule has 0 saturated carbocycles. The van der Waals surface area contributed by atoms with Gasteiger partial charge in [0.2, 0.25) is 0 Å². The summed E-state index contributed by atoms with van der Waals surface area (Å²) >= 11 is 1.53. The summed E-state index contributed by atoms with van der Waals surface area (Å²) in [6.07, 6.45) is 5.90. The predicted octanol–water partition coefficient (Wildman–Crippen LogP) is 3.40. The van der Waals surface area contributed by atoms with Crippen LogP contribution in [0.25, 0.3) is 11.5 Å². The first kappa shape index (κ1) is 18.8. The van der Waals surface area contributed by atoms with Gasteiger partial charge < -0.3 is 14.2 Å². The highest BCUT2D eigenvalue weighted by Crippen LogP contribution is 2.37. The molecule has 1 aliphatic heterocycles. The topological polar surface area (TPSA) is 81.3 Å². The Kier molecular flexibility index (Phi) is 5.50. The van der Waals surface area contributed by atoms with Crippen molar-refractivity contribution in [2.75, 3.05) is 26.8 Å². The van der Waals surface area contributed by atoms with Gasteiger partial charge in [0.25, 0.3) is 11.8 Å². The van der Waals surface area contributed by atoms with Crippen LogP contribution in [0.3, 0.4) is 0 Å². The first-order valence-electron chi connectivity index (χ1n) is 9.27. The number of amides is 1. The Labute approximate surface area is 167 Å². The fourth-order valence-electron chi connectivity index (χ4n) is 3.72. The van der Waals surface area contributed by atoms with Crippen LogP contribution in [-0.4, -0.2) is 52.7 Å². The maximum absolute atomic E-state index is 12.9. The molecule has 8 heteroatoms. The van der Waals surface area contributed by atoms with Crippen molar-refractivity contribution < 1.29 is 14.1 Å². The van der Waals surface area contributed by atoms with E-state index in [1.165, 1.54) is 11.3 Å². The number of likely N-dealkylation sites (tertiary alicyclic amines) is 1. The van der Waals surface area contributed by atoms with E-state index in [1.54, 1.807) is 19.5 Å².